The number of pyridine rings is 1. The fraction of sp³-hybridized carbons (Fsp3) is 0.364. The molecule has 168 valence electrons. The van der Waals surface area contributed by atoms with Gasteiger partial charge in [0.25, 0.3) is 5.91 Å². The number of nitrogens with one attached hydrogen (secondary N) is 2. The largest absolute Gasteiger partial charge is 0.484 e. The summed E-state index contributed by atoms with van der Waals surface area (Å²) in [5.74, 6) is -1.06. The number of hydrogen-bond acceptors (Lipinski definition) is 6. The van der Waals surface area contributed by atoms with Crippen LogP contribution in [0.3, 0.4) is 0 Å². The molecule has 3 fully saturated rings. The third kappa shape index (κ3) is 4.25. The first kappa shape index (κ1) is 22.0. The number of benzene rings is 1. The smallest absolute Gasteiger partial charge is 0.339 e. The number of hydrogen-bond donors (Lipinski definition) is 2. The molecule has 2 N–H and O–H groups in total. The second kappa shape index (κ2) is 8.38. The molecular formula is C22H21ClFN3O5. The van der Waals surface area contributed by atoms with E-state index in [-0.39, 0.29) is 35.8 Å². The van der Waals surface area contributed by atoms with Crippen molar-refractivity contribution in [3.05, 3.63) is 52.9 Å². The molecule has 3 saturated carbocycles. The van der Waals surface area contributed by atoms with Gasteiger partial charge in [-0.1, -0.05) is 11.6 Å². The summed E-state index contributed by atoms with van der Waals surface area (Å²) < 4.78 is 23.6. The van der Waals surface area contributed by atoms with E-state index in [9.17, 15) is 18.8 Å². The Labute approximate surface area is 188 Å². The van der Waals surface area contributed by atoms with E-state index < -0.39 is 22.7 Å². The summed E-state index contributed by atoms with van der Waals surface area (Å²) >= 11 is 5.62. The number of carbonyl (C=O) groups is 3. The lowest BCUT2D eigenvalue weighted by molar-refractivity contribution is -0.179. The van der Waals surface area contributed by atoms with Gasteiger partial charge in [0.15, 0.2) is 6.61 Å². The van der Waals surface area contributed by atoms with Crippen molar-refractivity contribution in [2.24, 2.45) is 5.41 Å². The highest BCUT2D eigenvalue weighted by Gasteiger charge is 2.72. The maximum absolute atomic E-state index is 13.4. The Hall–Kier alpha value is -3.20. The number of nitrogens with zero attached hydrogens (tertiary/aromatic N) is 1. The second-order valence-electron chi connectivity index (χ2n) is 8.11. The summed E-state index contributed by atoms with van der Waals surface area (Å²) in [5, 5.41) is 5.64. The first-order valence-electron chi connectivity index (χ1n) is 10.1. The number of rotatable bonds is 8. The molecule has 10 heteroatoms. The van der Waals surface area contributed by atoms with Crippen molar-refractivity contribution in [1.82, 2.24) is 10.3 Å². The zero-order valence-electron chi connectivity index (χ0n) is 17.2. The number of anilines is 1. The molecule has 0 aliphatic heterocycles. The molecule has 0 saturated heterocycles. The Morgan fingerprint density at radius 2 is 1.94 bits per heavy atom. The van der Waals surface area contributed by atoms with Crippen molar-refractivity contribution >= 4 is 35.2 Å². The van der Waals surface area contributed by atoms with E-state index in [0.717, 1.165) is 6.07 Å². The molecule has 2 amide bonds. The van der Waals surface area contributed by atoms with Crippen molar-refractivity contribution in [3.8, 4) is 5.75 Å². The predicted octanol–water partition coefficient (Wildman–Crippen LogP) is 3.11. The summed E-state index contributed by atoms with van der Waals surface area (Å²) in [6.45, 7) is 1.72. The van der Waals surface area contributed by atoms with Crippen LogP contribution in [0.4, 0.5) is 10.2 Å². The number of amides is 2. The van der Waals surface area contributed by atoms with Gasteiger partial charge in [-0.3, -0.25) is 9.59 Å². The van der Waals surface area contributed by atoms with Gasteiger partial charge in [-0.25, -0.2) is 14.2 Å². The van der Waals surface area contributed by atoms with Crippen LogP contribution in [0, 0.1) is 11.2 Å². The maximum atomic E-state index is 13.4. The van der Waals surface area contributed by atoms with Gasteiger partial charge >= 0.3 is 5.97 Å². The van der Waals surface area contributed by atoms with E-state index in [1.807, 2.05) is 0 Å². The van der Waals surface area contributed by atoms with Crippen LogP contribution >= 0.6 is 11.6 Å². The Kier molecular flexibility index (Phi) is 5.77. The Morgan fingerprint density at radius 3 is 2.56 bits per heavy atom. The highest BCUT2D eigenvalue weighted by atomic mass is 35.5. The fourth-order valence-corrected chi connectivity index (χ4v) is 4.38. The van der Waals surface area contributed by atoms with Crippen LogP contribution in [-0.2, 0) is 14.3 Å². The third-order valence-electron chi connectivity index (χ3n) is 5.69. The van der Waals surface area contributed by atoms with Crippen LogP contribution in [0.5, 0.6) is 5.75 Å². The summed E-state index contributed by atoms with van der Waals surface area (Å²) in [5.41, 5.74) is -0.639. The standard InChI is InChI=1S/C22H21ClFN3O5/c1-2-31-19(29)13-3-6-17(25-8-13)26-20(30)21-10-22(11-21,12-21)27-18(28)9-32-14-4-5-15(23)16(24)7-14/h3-8H,2,9-12H2,1H3,(H,27,28)(H,25,26,30). The fourth-order valence-electron chi connectivity index (χ4n) is 4.26. The van der Waals surface area contributed by atoms with Crippen molar-refractivity contribution in [1.29, 1.82) is 0 Å². The van der Waals surface area contributed by atoms with Gasteiger partial charge < -0.3 is 20.1 Å². The number of ether oxygens (including phenoxy) is 2. The van der Waals surface area contributed by atoms with E-state index >= 15 is 0 Å². The monoisotopic (exact) mass is 461 g/mol. The molecule has 5 rings (SSSR count). The van der Waals surface area contributed by atoms with E-state index in [4.69, 9.17) is 21.1 Å². The van der Waals surface area contributed by atoms with E-state index in [1.165, 1.54) is 24.4 Å². The topological polar surface area (TPSA) is 107 Å². The number of halogens is 2. The average Bonchev–Trinajstić information content (AvgIpc) is 2.71. The third-order valence-corrected chi connectivity index (χ3v) is 6.00. The molecular weight excluding hydrogens is 441 g/mol. The van der Waals surface area contributed by atoms with Crippen molar-refractivity contribution < 1.29 is 28.2 Å². The van der Waals surface area contributed by atoms with E-state index in [1.54, 1.807) is 13.0 Å². The maximum Gasteiger partial charge on any atom is 0.339 e. The highest BCUT2D eigenvalue weighted by molar-refractivity contribution is 6.30. The SMILES string of the molecule is CCOC(=O)c1ccc(NC(=O)C23CC(NC(=O)COc4ccc(Cl)c(F)c4)(C2)C3)nc1. The number of aromatic nitrogens is 1. The van der Waals surface area contributed by atoms with Gasteiger partial charge in [0.05, 0.1) is 22.6 Å². The molecule has 2 bridgehead atoms. The Morgan fingerprint density at radius 1 is 1.19 bits per heavy atom. The Bertz CT molecular complexity index is 1060. The minimum Gasteiger partial charge on any atom is -0.484 e. The highest BCUT2D eigenvalue weighted by Crippen LogP contribution is 2.67. The average molecular weight is 462 g/mol. The van der Waals surface area contributed by atoms with Crippen LogP contribution in [0.25, 0.3) is 0 Å². The lowest BCUT2D eigenvalue weighted by atomic mass is 9.39. The molecule has 32 heavy (non-hydrogen) atoms. The molecule has 1 aromatic carbocycles. The molecule has 1 heterocycles. The van der Waals surface area contributed by atoms with Crippen LogP contribution < -0.4 is 15.4 Å². The molecule has 3 aliphatic rings. The minimum absolute atomic E-state index is 0.0237. The van der Waals surface area contributed by atoms with Gasteiger partial charge in [0, 0.05) is 17.8 Å². The molecule has 2 aromatic rings. The summed E-state index contributed by atoms with van der Waals surface area (Å²) in [6, 6.07) is 7.03. The zero-order valence-corrected chi connectivity index (χ0v) is 18.0. The van der Waals surface area contributed by atoms with Gasteiger partial charge in [0.1, 0.15) is 17.4 Å². The molecule has 0 spiro atoms. The zero-order chi connectivity index (χ0) is 22.9. The minimum atomic E-state index is -0.623. The summed E-state index contributed by atoms with van der Waals surface area (Å²) in [7, 11) is 0. The molecule has 3 aliphatic carbocycles. The van der Waals surface area contributed by atoms with Gasteiger partial charge in [0.2, 0.25) is 5.91 Å². The number of esters is 1. The summed E-state index contributed by atoms with van der Waals surface area (Å²) in [6.07, 6.45) is 2.92. The first-order valence-corrected chi connectivity index (χ1v) is 10.5. The van der Waals surface area contributed by atoms with Crippen LogP contribution in [0.2, 0.25) is 5.02 Å². The second-order valence-corrected chi connectivity index (χ2v) is 8.52. The molecule has 0 radical (unpaired) electrons. The Balaban J connectivity index is 1.23. The van der Waals surface area contributed by atoms with Gasteiger partial charge in [-0.05, 0) is 50.5 Å². The predicted molar refractivity (Wildman–Crippen MR) is 113 cm³/mol. The van der Waals surface area contributed by atoms with Crippen LogP contribution in [0.1, 0.15) is 36.5 Å². The van der Waals surface area contributed by atoms with Crippen LogP contribution in [-0.4, -0.2) is 41.5 Å². The lowest BCUT2D eigenvalue weighted by Gasteiger charge is -2.69. The van der Waals surface area contributed by atoms with E-state index in [0.29, 0.717) is 30.6 Å². The van der Waals surface area contributed by atoms with Crippen molar-refractivity contribution in [2.75, 3.05) is 18.5 Å². The lowest BCUT2D eigenvalue weighted by Crippen LogP contribution is -2.78. The first-order chi connectivity index (χ1) is 15.2. The molecule has 0 unspecified atom stereocenters. The molecule has 1 aromatic heterocycles. The van der Waals surface area contributed by atoms with Crippen molar-refractivity contribution in [2.45, 2.75) is 31.7 Å². The van der Waals surface area contributed by atoms with Crippen molar-refractivity contribution in [3.63, 3.8) is 0 Å². The van der Waals surface area contributed by atoms with Crippen LogP contribution in [0.15, 0.2) is 36.5 Å². The van der Waals surface area contributed by atoms with Gasteiger partial charge in [-0.15, -0.1) is 0 Å². The quantitative estimate of drug-likeness (QED) is 0.585. The molecule has 0 atom stereocenters. The summed E-state index contributed by atoms with van der Waals surface area (Å²) in [4.78, 5) is 40.6. The normalized spacial score (nSPS) is 22.7. The number of carbonyl (C=O) groups excluding carboxylic acids is 3. The van der Waals surface area contributed by atoms with E-state index in [2.05, 4.69) is 15.6 Å². The molecule has 8 nitrogen and oxygen atoms in total. The van der Waals surface area contributed by atoms with Gasteiger partial charge in [-0.2, -0.15) is 0 Å².